The van der Waals surface area contributed by atoms with Gasteiger partial charge in [-0.25, -0.2) is 13.2 Å². The van der Waals surface area contributed by atoms with Gasteiger partial charge >= 0.3 is 0 Å². The highest BCUT2D eigenvalue weighted by atomic mass is 19.2. The summed E-state index contributed by atoms with van der Waals surface area (Å²) >= 11 is 0. The molecule has 0 aromatic heterocycles. The minimum atomic E-state index is -1.39. The maximum Gasteiger partial charge on any atom is 0.194 e. The molecule has 2 rings (SSSR count). The lowest BCUT2D eigenvalue weighted by molar-refractivity contribution is 0.0631. The number of rotatable bonds is 4. The van der Waals surface area contributed by atoms with Gasteiger partial charge in [-0.2, -0.15) is 0 Å². The lowest BCUT2D eigenvalue weighted by atomic mass is 9.83. The molecule has 1 saturated heterocycles. The second kappa shape index (κ2) is 6.79. The number of nitrogens with one attached hydrogen (secondary N) is 1. The smallest absolute Gasteiger partial charge is 0.194 e. The van der Waals surface area contributed by atoms with Crippen LogP contribution in [0.4, 0.5) is 13.2 Å². The first-order valence-corrected chi connectivity index (χ1v) is 7.50. The molecular weight excluding hydrogens is 277 g/mol. The van der Waals surface area contributed by atoms with E-state index in [4.69, 9.17) is 0 Å². The first kappa shape index (κ1) is 16.3. The van der Waals surface area contributed by atoms with Gasteiger partial charge in [0, 0.05) is 12.1 Å². The van der Waals surface area contributed by atoms with E-state index in [1.165, 1.54) is 0 Å². The van der Waals surface area contributed by atoms with Crippen LogP contribution in [-0.4, -0.2) is 31.1 Å². The van der Waals surface area contributed by atoms with E-state index in [1.807, 2.05) is 7.05 Å². The highest BCUT2D eigenvalue weighted by Crippen LogP contribution is 2.37. The molecule has 0 bridgehead atoms. The predicted molar refractivity (Wildman–Crippen MR) is 77.5 cm³/mol. The third-order valence-electron chi connectivity index (χ3n) is 4.27. The van der Waals surface area contributed by atoms with E-state index in [0.29, 0.717) is 5.56 Å². The third-order valence-corrected chi connectivity index (χ3v) is 4.27. The van der Waals surface area contributed by atoms with Crippen LogP contribution in [0.25, 0.3) is 0 Å². The van der Waals surface area contributed by atoms with Gasteiger partial charge in [-0.15, -0.1) is 0 Å². The standard InChI is InChI=1S/C16H23F3N2/c1-10(2)21-6-4-5-11(9-20-3)16(21)12-7-13(17)15(19)14(18)8-12/h7-8,10-11,16,20H,4-6,9H2,1-3H3. The molecule has 1 N–H and O–H groups in total. The SMILES string of the molecule is CNCC1CCCN(C(C)C)C1c1cc(F)c(F)c(F)c1. The fourth-order valence-electron chi connectivity index (χ4n) is 3.37. The Morgan fingerprint density at radius 2 is 1.86 bits per heavy atom. The Hall–Kier alpha value is -1.07. The number of benzene rings is 1. The van der Waals surface area contributed by atoms with E-state index in [1.54, 1.807) is 0 Å². The number of piperidine rings is 1. The van der Waals surface area contributed by atoms with Gasteiger partial charge in [0.2, 0.25) is 0 Å². The second-order valence-corrected chi connectivity index (χ2v) is 6.03. The summed E-state index contributed by atoms with van der Waals surface area (Å²) in [6, 6.07) is 2.47. The molecule has 21 heavy (non-hydrogen) atoms. The average Bonchev–Trinajstić information content (AvgIpc) is 2.44. The molecule has 1 heterocycles. The molecule has 1 aliphatic heterocycles. The van der Waals surface area contributed by atoms with Crippen molar-refractivity contribution in [3.63, 3.8) is 0 Å². The summed E-state index contributed by atoms with van der Waals surface area (Å²) < 4.78 is 40.4. The number of nitrogens with zero attached hydrogens (tertiary/aromatic N) is 1. The number of hydrogen-bond acceptors (Lipinski definition) is 2. The van der Waals surface area contributed by atoms with Crippen molar-refractivity contribution in [1.82, 2.24) is 10.2 Å². The van der Waals surface area contributed by atoms with Crippen molar-refractivity contribution in [3.05, 3.63) is 35.1 Å². The zero-order valence-corrected chi connectivity index (χ0v) is 12.8. The largest absolute Gasteiger partial charge is 0.319 e. The van der Waals surface area contributed by atoms with E-state index >= 15 is 0 Å². The second-order valence-electron chi connectivity index (χ2n) is 6.03. The minimum absolute atomic E-state index is 0.0872. The molecular formula is C16H23F3N2. The number of likely N-dealkylation sites (tertiary alicyclic amines) is 1. The summed E-state index contributed by atoms with van der Waals surface area (Å²) in [6.45, 7) is 5.81. The van der Waals surface area contributed by atoms with Crippen LogP contribution in [-0.2, 0) is 0 Å². The lowest BCUT2D eigenvalue weighted by Crippen LogP contribution is -2.45. The van der Waals surface area contributed by atoms with Crippen molar-refractivity contribution >= 4 is 0 Å². The van der Waals surface area contributed by atoms with E-state index in [9.17, 15) is 13.2 Å². The maximum atomic E-state index is 13.6. The molecule has 2 unspecified atom stereocenters. The Balaban J connectivity index is 2.42. The number of hydrogen-bond donors (Lipinski definition) is 1. The molecule has 2 nitrogen and oxygen atoms in total. The zero-order valence-electron chi connectivity index (χ0n) is 12.8. The Morgan fingerprint density at radius 1 is 1.24 bits per heavy atom. The van der Waals surface area contributed by atoms with Crippen LogP contribution in [0.5, 0.6) is 0 Å². The van der Waals surface area contributed by atoms with E-state index in [2.05, 4.69) is 24.1 Å². The van der Waals surface area contributed by atoms with Crippen LogP contribution in [0.1, 0.15) is 38.3 Å². The summed E-state index contributed by atoms with van der Waals surface area (Å²) in [6.07, 6.45) is 2.06. The van der Waals surface area contributed by atoms with Crippen molar-refractivity contribution in [1.29, 1.82) is 0 Å². The molecule has 0 amide bonds. The van der Waals surface area contributed by atoms with Crippen molar-refractivity contribution < 1.29 is 13.2 Å². The molecule has 118 valence electrons. The minimum Gasteiger partial charge on any atom is -0.319 e. The Morgan fingerprint density at radius 3 is 2.38 bits per heavy atom. The highest BCUT2D eigenvalue weighted by Gasteiger charge is 2.34. The molecule has 5 heteroatoms. The van der Waals surface area contributed by atoms with Crippen LogP contribution in [0.3, 0.4) is 0 Å². The average molecular weight is 300 g/mol. The maximum absolute atomic E-state index is 13.6. The van der Waals surface area contributed by atoms with Gasteiger partial charge in [0.1, 0.15) is 0 Å². The quantitative estimate of drug-likeness (QED) is 0.856. The summed E-state index contributed by atoms with van der Waals surface area (Å²) in [7, 11) is 1.87. The fraction of sp³-hybridized carbons (Fsp3) is 0.625. The summed E-state index contributed by atoms with van der Waals surface area (Å²) in [4.78, 5) is 2.25. The first-order chi connectivity index (χ1) is 9.95. The summed E-state index contributed by atoms with van der Waals surface area (Å²) in [5, 5.41) is 3.15. The van der Waals surface area contributed by atoms with Gasteiger partial charge in [-0.05, 0) is 70.4 Å². The molecule has 0 saturated carbocycles. The van der Waals surface area contributed by atoms with Gasteiger partial charge in [-0.1, -0.05) is 0 Å². The van der Waals surface area contributed by atoms with E-state index in [-0.39, 0.29) is 18.0 Å². The highest BCUT2D eigenvalue weighted by molar-refractivity contribution is 5.24. The molecule has 1 aromatic rings. The van der Waals surface area contributed by atoms with Gasteiger partial charge < -0.3 is 5.32 Å². The molecule has 0 spiro atoms. The van der Waals surface area contributed by atoms with Crippen molar-refractivity contribution in [2.24, 2.45) is 5.92 Å². The van der Waals surface area contributed by atoms with Crippen LogP contribution in [0, 0.1) is 23.4 Å². The van der Waals surface area contributed by atoms with Gasteiger partial charge in [-0.3, -0.25) is 4.90 Å². The molecule has 2 atom stereocenters. The van der Waals surface area contributed by atoms with Gasteiger partial charge in [0.25, 0.3) is 0 Å². The Kier molecular flexibility index (Phi) is 5.27. The Bertz CT molecular complexity index is 465. The van der Waals surface area contributed by atoms with Crippen LogP contribution in [0.15, 0.2) is 12.1 Å². The molecule has 1 aliphatic rings. The zero-order chi connectivity index (χ0) is 15.6. The van der Waals surface area contributed by atoms with E-state index < -0.39 is 17.5 Å². The predicted octanol–water partition coefficient (Wildman–Crippen LogP) is 3.48. The third kappa shape index (κ3) is 3.40. The molecule has 1 aromatic carbocycles. The monoisotopic (exact) mass is 300 g/mol. The van der Waals surface area contributed by atoms with Crippen LogP contribution >= 0.6 is 0 Å². The Labute approximate surface area is 124 Å². The van der Waals surface area contributed by atoms with Crippen molar-refractivity contribution in [2.75, 3.05) is 20.1 Å². The summed E-state index contributed by atoms with van der Waals surface area (Å²) in [5.74, 6) is -3.35. The fourth-order valence-corrected chi connectivity index (χ4v) is 3.37. The first-order valence-electron chi connectivity index (χ1n) is 7.50. The van der Waals surface area contributed by atoms with E-state index in [0.717, 1.165) is 38.1 Å². The molecule has 1 fully saturated rings. The van der Waals surface area contributed by atoms with Crippen molar-refractivity contribution in [3.8, 4) is 0 Å². The lowest BCUT2D eigenvalue weighted by Gasteiger charge is -2.44. The molecule has 0 aliphatic carbocycles. The van der Waals surface area contributed by atoms with Crippen molar-refractivity contribution in [2.45, 2.75) is 38.8 Å². The summed E-state index contributed by atoms with van der Waals surface area (Å²) in [5.41, 5.74) is 0.528. The van der Waals surface area contributed by atoms with Crippen LogP contribution in [0.2, 0.25) is 0 Å². The topological polar surface area (TPSA) is 15.3 Å². The number of halogens is 3. The molecule has 0 radical (unpaired) electrons. The van der Waals surface area contributed by atoms with Gasteiger partial charge in [0.15, 0.2) is 17.5 Å². The normalized spacial score (nSPS) is 23.8. The van der Waals surface area contributed by atoms with Crippen LogP contribution < -0.4 is 5.32 Å². The van der Waals surface area contributed by atoms with Gasteiger partial charge in [0.05, 0.1) is 0 Å².